The van der Waals surface area contributed by atoms with Crippen LogP contribution in [0.4, 0.5) is 10.3 Å². The van der Waals surface area contributed by atoms with Crippen LogP contribution < -0.4 is 5.32 Å². The van der Waals surface area contributed by atoms with Gasteiger partial charge < -0.3 is 0 Å². The van der Waals surface area contributed by atoms with Gasteiger partial charge in [0, 0.05) is 41.2 Å². The molecule has 0 radical (unpaired) electrons. The Bertz CT molecular complexity index is 1480. The fraction of sp³-hybridized carbons (Fsp3) is 0.143. The number of nitrogens with zero attached hydrogens (tertiary/aromatic N) is 8. The summed E-state index contributed by atoms with van der Waals surface area (Å²) in [6.07, 6.45) is 4.77. The van der Waals surface area contributed by atoms with Crippen molar-refractivity contribution in [2.75, 3.05) is 5.32 Å². The number of amides is 1. The van der Waals surface area contributed by atoms with Crippen LogP contribution in [0.2, 0.25) is 5.02 Å². The topological polar surface area (TPSA) is 108 Å². The molecule has 5 rings (SSSR count). The third-order valence-corrected chi connectivity index (χ3v) is 5.60. The van der Waals surface area contributed by atoms with Gasteiger partial charge in [-0.05, 0) is 25.1 Å². The van der Waals surface area contributed by atoms with Crippen molar-refractivity contribution in [3.05, 3.63) is 76.8 Å². The zero-order valence-electron chi connectivity index (χ0n) is 17.6. The van der Waals surface area contributed by atoms with E-state index in [0.29, 0.717) is 5.65 Å². The summed E-state index contributed by atoms with van der Waals surface area (Å²) in [5.74, 6) is -0.891. The van der Waals surface area contributed by atoms with Crippen LogP contribution in [0.5, 0.6) is 0 Å². The van der Waals surface area contributed by atoms with E-state index in [1.165, 1.54) is 23.1 Å². The molecule has 0 unspecified atom stereocenters. The molecule has 4 aromatic heterocycles. The number of fused-ring (bicyclic) bond motifs is 1. The summed E-state index contributed by atoms with van der Waals surface area (Å²) < 4.78 is 18.8. The smallest absolute Gasteiger partial charge is 0.278 e. The first-order chi connectivity index (χ1) is 15.9. The first-order valence-corrected chi connectivity index (χ1v) is 10.3. The molecule has 1 amide bonds. The van der Waals surface area contributed by atoms with Gasteiger partial charge in [0.05, 0.1) is 18.4 Å². The molecular weight excluding hydrogens is 449 g/mol. The van der Waals surface area contributed by atoms with Crippen molar-refractivity contribution in [3.63, 3.8) is 0 Å². The molecular formula is C21H17ClFN9O. The van der Waals surface area contributed by atoms with E-state index >= 15 is 0 Å². The molecule has 33 heavy (non-hydrogen) atoms. The predicted octanol–water partition coefficient (Wildman–Crippen LogP) is 3.12. The van der Waals surface area contributed by atoms with Crippen LogP contribution in [0.1, 0.15) is 21.7 Å². The van der Waals surface area contributed by atoms with Crippen molar-refractivity contribution < 1.29 is 9.18 Å². The second-order valence-corrected chi connectivity index (χ2v) is 7.72. The standard InChI is InChI=1S/C21H17ClFN9O/c1-12-13(9-26-30(12)2)18-6-7-24-19-8-17(28-32(18)19)20(33)27-21-25-11-31(29-21)10-14-15(22)4-3-5-16(14)23/h3-9,11H,10H2,1-2H3,(H,27,29,33). The highest BCUT2D eigenvalue weighted by atomic mass is 35.5. The van der Waals surface area contributed by atoms with Gasteiger partial charge in [0.2, 0.25) is 5.95 Å². The van der Waals surface area contributed by atoms with Gasteiger partial charge >= 0.3 is 0 Å². The van der Waals surface area contributed by atoms with Gasteiger partial charge in [-0.25, -0.2) is 23.6 Å². The van der Waals surface area contributed by atoms with Crippen molar-refractivity contribution in [1.82, 2.24) is 39.1 Å². The third kappa shape index (κ3) is 3.82. The molecule has 0 fully saturated rings. The number of carbonyl (C=O) groups excluding carboxylic acids is 1. The van der Waals surface area contributed by atoms with E-state index in [0.717, 1.165) is 17.0 Å². The van der Waals surface area contributed by atoms with E-state index in [1.54, 1.807) is 33.7 Å². The van der Waals surface area contributed by atoms with E-state index in [2.05, 4.69) is 30.6 Å². The Morgan fingerprint density at radius 2 is 2.06 bits per heavy atom. The van der Waals surface area contributed by atoms with Gasteiger partial charge in [0.1, 0.15) is 12.1 Å². The number of hydrogen-bond donors (Lipinski definition) is 1. The van der Waals surface area contributed by atoms with Crippen molar-refractivity contribution in [1.29, 1.82) is 0 Å². The highest BCUT2D eigenvalue weighted by Gasteiger charge is 2.18. The van der Waals surface area contributed by atoms with Gasteiger partial charge in [-0.15, -0.1) is 5.10 Å². The van der Waals surface area contributed by atoms with Crippen molar-refractivity contribution >= 4 is 29.1 Å². The normalized spacial score (nSPS) is 11.3. The zero-order valence-corrected chi connectivity index (χ0v) is 18.3. The van der Waals surface area contributed by atoms with Crippen molar-refractivity contribution in [2.45, 2.75) is 13.5 Å². The molecule has 1 N–H and O–H groups in total. The molecule has 5 aromatic rings. The SMILES string of the molecule is Cc1c(-c2ccnc3cc(C(=O)Nc4ncn(Cc5c(F)cccc5Cl)n4)nn23)cnn1C. The molecule has 12 heteroatoms. The van der Waals surface area contributed by atoms with Crippen LogP contribution in [0.25, 0.3) is 16.9 Å². The summed E-state index contributed by atoms with van der Waals surface area (Å²) in [5, 5.41) is 15.7. The number of benzene rings is 1. The molecule has 1 aromatic carbocycles. The second-order valence-electron chi connectivity index (χ2n) is 7.32. The lowest BCUT2D eigenvalue weighted by Gasteiger charge is -2.05. The van der Waals surface area contributed by atoms with Crippen LogP contribution in [-0.2, 0) is 13.6 Å². The summed E-state index contributed by atoms with van der Waals surface area (Å²) in [6, 6.07) is 7.82. The molecule has 166 valence electrons. The predicted molar refractivity (Wildman–Crippen MR) is 118 cm³/mol. The minimum atomic E-state index is -0.504. The van der Waals surface area contributed by atoms with Gasteiger partial charge in [0.15, 0.2) is 11.3 Å². The molecule has 0 aliphatic heterocycles. The fourth-order valence-electron chi connectivity index (χ4n) is 3.40. The summed E-state index contributed by atoms with van der Waals surface area (Å²) in [4.78, 5) is 21.1. The van der Waals surface area contributed by atoms with Crippen LogP contribution in [0.15, 0.2) is 49.1 Å². The number of rotatable bonds is 5. The number of hydrogen-bond acceptors (Lipinski definition) is 6. The third-order valence-electron chi connectivity index (χ3n) is 5.25. The Kier molecular flexibility index (Phi) is 5.09. The molecule has 10 nitrogen and oxygen atoms in total. The number of nitrogens with one attached hydrogen (secondary N) is 1. The number of aryl methyl sites for hydroxylation is 1. The van der Waals surface area contributed by atoms with Gasteiger partial charge in [0.25, 0.3) is 5.91 Å². The first-order valence-electron chi connectivity index (χ1n) is 9.88. The molecule has 0 atom stereocenters. The molecule has 0 spiro atoms. The molecule has 0 aliphatic rings. The summed E-state index contributed by atoms with van der Waals surface area (Å²) >= 11 is 6.06. The summed E-state index contributed by atoms with van der Waals surface area (Å²) in [5.41, 5.74) is 3.53. The molecule has 4 heterocycles. The second kappa shape index (κ2) is 8.10. The van der Waals surface area contributed by atoms with Crippen LogP contribution in [0, 0.1) is 12.7 Å². The van der Waals surface area contributed by atoms with E-state index < -0.39 is 11.7 Å². The van der Waals surface area contributed by atoms with E-state index in [9.17, 15) is 9.18 Å². The van der Waals surface area contributed by atoms with Crippen LogP contribution in [-0.4, -0.2) is 45.1 Å². The molecule has 0 saturated heterocycles. The van der Waals surface area contributed by atoms with Gasteiger partial charge in [-0.2, -0.15) is 10.2 Å². The zero-order chi connectivity index (χ0) is 23.1. The monoisotopic (exact) mass is 465 g/mol. The average molecular weight is 466 g/mol. The Morgan fingerprint density at radius 3 is 2.82 bits per heavy atom. The Morgan fingerprint density at radius 1 is 1.21 bits per heavy atom. The van der Waals surface area contributed by atoms with E-state index in [-0.39, 0.29) is 28.8 Å². The minimum Gasteiger partial charge on any atom is -0.288 e. The maximum Gasteiger partial charge on any atom is 0.278 e. The van der Waals surface area contributed by atoms with Crippen molar-refractivity contribution in [2.24, 2.45) is 7.05 Å². The minimum absolute atomic E-state index is 0.0563. The van der Waals surface area contributed by atoms with Gasteiger partial charge in [-0.1, -0.05) is 17.7 Å². The largest absolute Gasteiger partial charge is 0.288 e. The Labute approximate surface area is 191 Å². The van der Waals surface area contributed by atoms with Crippen molar-refractivity contribution in [3.8, 4) is 11.3 Å². The lowest BCUT2D eigenvalue weighted by Crippen LogP contribution is -2.14. The number of anilines is 1. The highest BCUT2D eigenvalue weighted by Crippen LogP contribution is 2.23. The maximum absolute atomic E-state index is 14.0. The molecule has 0 aliphatic carbocycles. The first kappa shape index (κ1) is 20.8. The van der Waals surface area contributed by atoms with Crippen LogP contribution >= 0.6 is 11.6 Å². The Hall–Kier alpha value is -4.12. The lowest BCUT2D eigenvalue weighted by molar-refractivity contribution is 0.102. The number of carbonyl (C=O) groups is 1. The highest BCUT2D eigenvalue weighted by molar-refractivity contribution is 6.31. The summed E-state index contributed by atoms with van der Waals surface area (Å²) in [7, 11) is 1.85. The van der Waals surface area contributed by atoms with E-state index in [1.807, 2.05) is 20.0 Å². The lowest BCUT2D eigenvalue weighted by atomic mass is 10.2. The van der Waals surface area contributed by atoms with Crippen LogP contribution in [0.3, 0.4) is 0 Å². The fourth-order valence-corrected chi connectivity index (χ4v) is 3.62. The summed E-state index contributed by atoms with van der Waals surface area (Å²) in [6.45, 7) is 2.02. The maximum atomic E-state index is 14.0. The number of halogens is 2. The average Bonchev–Trinajstić information content (AvgIpc) is 3.50. The quantitative estimate of drug-likeness (QED) is 0.427. The molecule has 0 bridgehead atoms. The van der Waals surface area contributed by atoms with Gasteiger partial charge in [-0.3, -0.25) is 14.8 Å². The van der Waals surface area contributed by atoms with E-state index in [4.69, 9.17) is 11.6 Å². The number of aromatic nitrogens is 8. The molecule has 0 saturated carbocycles. The Balaban J connectivity index is 1.38.